The number of aromatic nitrogens is 1. The molecule has 2 aromatic rings. The van der Waals surface area contributed by atoms with Gasteiger partial charge in [-0.1, -0.05) is 23.7 Å². The van der Waals surface area contributed by atoms with Gasteiger partial charge < -0.3 is 5.32 Å². The minimum atomic E-state index is -0.221. The zero-order valence-corrected chi connectivity index (χ0v) is 9.91. The average Bonchev–Trinajstić information content (AvgIpc) is 2.34. The van der Waals surface area contributed by atoms with Gasteiger partial charge in [-0.2, -0.15) is 0 Å². The monoisotopic (exact) mass is 250 g/mol. The van der Waals surface area contributed by atoms with Crippen LogP contribution in [0.25, 0.3) is 0 Å². The van der Waals surface area contributed by atoms with Gasteiger partial charge in [0.15, 0.2) is 0 Å². The van der Waals surface area contributed by atoms with Crippen molar-refractivity contribution < 1.29 is 4.39 Å². The van der Waals surface area contributed by atoms with E-state index in [9.17, 15) is 4.39 Å². The van der Waals surface area contributed by atoms with Crippen molar-refractivity contribution in [3.63, 3.8) is 0 Å². The molecule has 17 heavy (non-hydrogen) atoms. The first-order chi connectivity index (χ1) is 8.25. The lowest BCUT2D eigenvalue weighted by Gasteiger charge is -2.05. The van der Waals surface area contributed by atoms with Crippen LogP contribution in [0.2, 0.25) is 5.02 Å². The molecule has 2 rings (SSSR count). The SMILES string of the molecule is Fc1ccc(CNCc2ncccc2Cl)cc1. The highest BCUT2D eigenvalue weighted by Gasteiger charge is 2.00. The summed E-state index contributed by atoms with van der Waals surface area (Å²) < 4.78 is 12.7. The molecule has 0 saturated heterocycles. The highest BCUT2D eigenvalue weighted by atomic mass is 35.5. The third-order valence-corrected chi connectivity index (χ3v) is 2.71. The molecule has 4 heteroatoms. The number of hydrogen-bond donors (Lipinski definition) is 1. The summed E-state index contributed by atoms with van der Waals surface area (Å²) in [5.74, 6) is -0.221. The lowest BCUT2D eigenvalue weighted by atomic mass is 10.2. The Labute approximate surface area is 104 Å². The molecule has 0 aliphatic heterocycles. The molecular formula is C13H12ClFN2. The molecule has 1 aromatic carbocycles. The molecule has 1 heterocycles. The first-order valence-electron chi connectivity index (χ1n) is 5.30. The van der Waals surface area contributed by atoms with Crippen LogP contribution in [0.4, 0.5) is 4.39 Å². The van der Waals surface area contributed by atoms with Gasteiger partial charge in [0, 0.05) is 19.3 Å². The number of halogens is 2. The third kappa shape index (κ3) is 3.51. The first-order valence-corrected chi connectivity index (χ1v) is 5.68. The predicted octanol–water partition coefficient (Wildman–Crippen LogP) is 3.16. The summed E-state index contributed by atoms with van der Waals surface area (Å²) in [6.07, 6.45) is 1.71. The molecule has 0 fully saturated rings. The Balaban J connectivity index is 1.88. The lowest BCUT2D eigenvalue weighted by molar-refractivity contribution is 0.624. The van der Waals surface area contributed by atoms with E-state index in [0.717, 1.165) is 11.3 Å². The number of hydrogen-bond acceptors (Lipinski definition) is 2. The van der Waals surface area contributed by atoms with Crippen LogP contribution in [-0.2, 0) is 13.1 Å². The quantitative estimate of drug-likeness (QED) is 0.902. The number of rotatable bonds is 4. The molecule has 88 valence electrons. The van der Waals surface area contributed by atoms with Crippen LogP contribution in [0.15, 0.2) is 42.6 Å². The number of nitrogens with zero attached hydrogens (tertiary/aromatic N) is 1. The van der Waals surface area contributed by atoms with Crippen molar-refractivity contribution in [2.24, 2.45) is 0 Å². The Morgan fingerprint density at radius 2 is 1.88 bits per heavy atom. The van der Waals surface area contributed by atoms with Crippen LogP contribution in [0.3, 0.4) is 0 Å². The van der Waals surface area contributed by atoms with Crippen molar-refractivity contribution in [1.82, 2.24) is 10.3 Å². The maximum absolute atomic E-state index is 12.7. The Morgan fingerprint density at radius 3 is 2.59 bits per heavy atom. The Bertz CT molecular complexity index is 485. The molecule has 2 nitrogen and oxygen atoms in total. The van der Waals surface area contributed by atoms with E-state index in [1.807, 2.05) is 6.07 Å². The van der Waals surface area contributed by atoms with Crippen molar-refractivity contribution in [2.75, 3.05) is 0 Å². The Hall–Kier alpha value is -1.45. The summed E-state index contributed by atoms with van der Waals surface area (Å²) in [6.45, 7) is 1.25. The summed E-state index contributed by atoms with van der Waals surface area (Å²) in [4.78, 5) is 4.17. The summed E-state index contributed by atoms with van der Waals surface area (Å²) >= 11 is 5.97. The smallest absolute Gasteiger partial charge is 0.123 e. The van der Waals surface area contributed by atoms with Crippen molar-refractivity contribution in [3.8, 4) is 0 Å². The van der Waals surface area contributed by atoms with Gasteiger partial charge in [0.25, 0.3) is 0 Å². The standard InChI is InChI=1S/C13H12ClFN2/c14-12-2-1-7-17-13(12)9-16-8-10-3-5-11(15)6-4-10/h1-7,16H,8-9H2. The van der Waals surface area contributed by atoms with Crippen LogP contribution >= 0.6 is 11.6 Å². The van der Waals surface area contributed by atoms with E-state index < -0.39 is 0 Å². The van der Waals surface area contributed by atoms with Gasteiger partial charge in [-0.05, 0) is 29.8 Å². The first kappa shape index (κ1) is 12.0. The van der Waals surface area contributed by atoms with Crippen LogP contribution in [0, 0.1) is 5.82 Å². The van der Waals surface area contributed by atoms with E-state index in [2.05, 4.69) is 10.3 Å². The molecule has 0 aliphatic carbocycles. The Morgan fingerprint density at radius 1 is 1.12 bits per heavy atom. The molecular weight excluding hydrogens is 239 g/mol. The molecule has 0 spiro atoms. The fourth-order valence-electron chi connectivity index (χ4n) is 1.48. The predicted molar refractivity (Wildman–Crippen MR) is 66.2 cm³/mol. The van der Waals surface area contributed by atoms with Crippen LogP contribution in [-0.4, -0.2) is 4.98 Å². The number of nitrogens with one attached hydrogen (secondary N) is 1. The fourth-order valence-corrected chi connectivity index (χ4v) is 1.66. The van der Waals surface area contributed by atoms with Gasteiger partial charge >= 0.3 is 0 Å². The second-order valence-corrected chi connectivity index (χ2v) is 4.07. The second-order valence-electron chi connectivity index (χ2n) is 3.66. The molecule has 0 saturated carbocycles. The van der Waals surface area contributed by atoms with E-state index >= 15 is 0 Å². The molecule has 0 amide bonds. The molecule has 0 unspecified atom stereocenters. The minimum Gasteiger partial charge on any atom is -0.307 e. The van der Waals surface area contributed by atoms with E-state index in [0.29, 0.717) is 18.1 Å². The summed E-state index contributed by atoms with van der Waals surface area (Å²) in [5, 5.41) is 3.86. The lowest BCUT2D eigenvalue weighted by Crippen LogP contribution is -2.13. The second kappa shape index (κ2) is 5.75. The molecule has 1 N–H and O–H groups in total. The van der Waals surface area contributed by atoms with Gasteiger partial charge in [-0.3, -0.25) is 4.98 Å². The molecule has 0 atom stereocenters. The van der Waals surface area contributed by atoms with Crippen molar-refractivity contribution in [1.29, 1.82) is 0 Å². The van der Waals surface area contributed by atoms with Gasteiger partial charge in [-0.15, -0.1) is 0 Å². The largest absolute Gasteiger partial charge is 0.307 e. The summed E-state index contributed by atoms with van der Waals surface area (Å²) in [5.41, 5.74) is 1.84. The highest BCUT2D eigenvalue weighted by Crippen LogP contribution is 2.11. The van der Waals surface area contributed by atoms with Gasteiger partial charge in [0.1, 0.15) is 5.82 Å². The topological polar surface area (TPSA) is 24.9 Å². The van der Waals surface area contributed by atoms with E-state index in [1.54, 1.807) is 24.4 Å². The zero-order valence-electron chi connectivity index (χ0n) is 9.16. The number of benzene rings is 1. The van der Waals surface area contributed by atoms with Crippen LogP contribution in [0.5, 0.6) is 0 Å². The number of pyridine rings is 1. The summed E-state index contributed by atoms with van der Waals surface area (Å²) in [7, 11) is 0. The van der Waals surface area contributed by atoms with Gasteiger partial charge in [0.05, 0.1) is 10.7 Å². The fraction of sp³-hybridized carbons (Fsp3) is 0.154. The van der Waals surface area contributed by atoms with Crippen molar-refractivity contribution in [2.45, 2.75) is 13.1 Å². The molecule has 0 aliphatic rings. The zero-order chi connectivity index (χ0) is 12.1. The average molecular weight is 251 g/mol. The van der Waals surface area contributed by atoms with E-state index in [1.165, 1.54) is 12.1 Å². The van der Waals surface area contributed by atoms with Gasteiger partial charge in [0.2, 0.25) is 0 Å². The van der Waals surface area contributed by atoms with Crippen molar-refractivity contribution >= 4 is 11.6 Å². The maximum atomic E-state index is 12.7. The molecule has 0 bridgehead atoms. The maximum Gasteiger partial charge on any atom is 0.123 e. The third-order valence-electron chi connectivity index (χ3n) is 2.37. The van der Waals surface area contributed by atoms with E-state index in [-0.39, 0.29) is 5.82 Å². The molecule has 0 radical (unpaired) electrons. The summed E-state index contributed by atoms with van der Waals surface area (Å²) in [6, 6.07) is 10.0. The van der Waals surface area contributed by atoms with Crippen LogP contribution in [0.1, 0.15) is 11.3 Å². The highest BCUT2D eigenvalue weighted by molar-refractivity contribution is 6.31. The Kier molecular flexibility index (Phi) is 4.07. The normalized spacial score (nSPS) is 10.5. The minimum absolute atomic E-state index is 0.221. The van der Waals surface area contributed by atoms with E-state index in [4.69, 9.17) is 11.6 Å². The molecule has 1 aromatic heterocycles. The van der Waals surface area contributed by atoms with Crippen molar-refractivity contribution in [3.05, 3.63) is 64.7 Å². The van der Waals surface area contributed by atoms with Gasteiger partial charge in [-0.25, -0.2) is 4.39 Å². The van der Waals surface area contributed by atoms with Crippen LogP contribution < -0.4 is 5.32 Å².